The van der Waals surface area contributed by atoms with Crippen LogP contribution in [0.4, 0.5) is 0 Å². The minimum absolute atomic E-state index is 0.0688. The number of rotatable bonds is 5. The molecule has 23 heavy (non-hydrogen) atoms. The van der Waals surface area contributed by atoms with Crippen LogP contribution in [0.2, 0.25) is 0 Å². The Balaban J connectivity index is 1.62. The molecular formula is C18H25N3O2. The molecule has 1 aliphatic rings. The van der Waals surface area contributed by atoms with Crippen LogP contribution in [0.1, 0.15) is 24.0 Å². The fraction of sp³-hybridized carbons (Fsp3) is 0.500. The van der Waals surface area contributed by atoms with Gasteiger partial charge in [0.05, 0.1) is 5.41 Å². The van der Waals surface area contributed by atoms with Crippen LogP contribution in [0, 0.1) is 12.3 Å². The molecule has 0 unspecified atom stereocenters. The number of H-pyrrole nitrogens is 1. The van der Waals surface area contributed by atoms with Crippen LogP contribution >= 0.6 is 0 Å². The van der Waals surface area contributed by atoms with E-state index in [0.717, 1.165) is 6.42 Å². The lowest BCUT2D eigenvalue weighted by Crippen LogP contribution is -2.49. The van der Waals surface area contributed by atoms with Crippen molar-refractivity contribution in [1.29, 1.82) is 0 Å². The van der Waals surface area contributed by atoms with Crippen LogP contribution in [0.15, 0.2) is 24.4 Å². The zero-order valence-corrected chi connectivity index (χ0v) is 13.7. The number of ether oxygens (including phenoxy) is 1. The number of nitrogens with one attached hydrogen (secondary N) is 2. The van der Waals surface area contributed by atoms with Crippen molar-refractivity contribution in [2.24, 2.45) is 11.1 Å². The summed E-state index contributed by atoms with van der Waals surface area (Å²) in [6.07, 6.45) is 4.27. The number of carbonyl (C=O) groups excluding carboxylic acids is 1. The average Bonchev–Trinajstić information content (AvgIpc) is 3.00. The zero-order chi connectivity index (χ0) is 16.3. The normalized spacial score (nSPS) is 17.3. The number of carbonyl (C=O) groups is 1. The molecule has 5 heteroatoms. The van der Waals surface area contributed by atoms with Gasteiger partial charge in [-0.3, -0.25) is 4.79 Å². The Morgan fingerprint density at radius 2 is 2.17 bits per heavy atom. The Labute approximate surface area is 136 Å². The lowest BCUT2D eigenvalue weighted by molar-refractivity contribution is -0.135. The quantitative estimate of drug-likeness (QED) is 0.788. The largest absolute Gasteiger partial charge is 0.381 e. The molecule has 0 atom stereocenters. The lowest BCUT2D eigenvalue weighted by atomic mass is 9.79. The van der Waals surface area contributed by atoms with Crippen LogP contribution in [0.5, 0.6) is 0 Å². The third-order valence-corrected chi connectivity index (χ3v) is 5.01. The maximum absolute atomic E-state index is 12.5. The topological polar surface area (TPSA) is 80.1 Å². The van der Waals surface area contributed by atoms with E-state index in [0.29, 0.717) is 39.1 Å². The number of amides is 1. The molecule has 2 aromatic rings. The van der Waals surface area contributed by atoms with Gasteiger partial charge in [0, 0.05) is 43.4 Å². The monoisotopic (exact) mass is 315 g/mol. The Kier molecular flexibility index (Phi) is 4.68. The molecular weight excluding hydrogens is 290 g/mol. The van der Waals surface area contributed by atoms with E-state index in [1.807, 2.05) is 6.20 Å². The number of nitrogens with two attached hydrogens (primary N) is 1. The van der Waals surface area contributed by atoms with Crippen molar-refractivity contribution in [3.63, 3.8) is 0 Å². The van der Waals surface area contributed by atoms with Crippen molar-refractivity contribution < 1.29 is 9.53 Å². The Hall–Kier alpha value is -1.85. The zero-order valence-electron chi connectivity index (χ0n) is 13.7. The van der Waals surface area contributed by atoms with E-state index in [2.05, 4.69) is 35.4 Å². The van der Waals surface area contributed by atoms with E-state index in [1.54, 1.807) is 0 Å². The highest BCUT2D eigenvalue weighted by molar-refractivity contribution is 5.86. The molecule has 1 fully saturated rings. The number of fused-ring (bicyclic) bond motifs is 1. The summed E-state index contributed by atoms with van der Waals surface area (Å²) < 4.78 is 5.36. The van der Waals surface area contributed by atoms with Crippen molar-refractivity contribution in [2.75, 3.05) is 26.3 Å². The van der Waals surface area contributed by atoms with Crippen molar-refractivity contribution in [1.82, 2.24) is 10.3 Å². The van der Waals surface area contributed by atoms with Crippen LogP contribution in [0.3, 0.4) is 0 Å². The Bertz CT molecular complexity index is 687. The van der Waals surface area contributed by atoms with E-state index >= 15 is 0 Å². The molecule has 0 saturated carbocycles. The van der Waals surface area contributed by atoms with Crippen molar-refractivity contribution >= 4 is 16.8 Å². The average molecular weight is 315 g/mol. The molecule has 3 rings (SSSR count). The second-order valence-electron chi connectivity index (χ2n) is 6.41. The minimum atomic E-state index is -0.449. The molecule has 1 saturated heterocycles. The number of benzene rings is 1. The van der Waals surface area contributed by atoms with Crippen LogP contribution in [-0.2, 0) is 16.0 Å². The SMILES string of the molecule is Cc1cccc2c(CCNC(=O)C3(CN)CCOCC3)c[nH]c12. The first-order chi connectivity index (χ1) is 11.2. The van der Waals surface area contributed by atoms with Gasteiger partial charge in [0.2, 0.25) is 5.91 Å². The molecule has 0 spiro atoms. The standard InChI is InChI=1S/C18H25N3O2/c1-13-3-2-4-15-14(11-21-16(13)15)5-8-20-17(22)18(12-19)6-9-23-10-7-18/h2-4,11,21H,5-10,12,19H2,1H3,(H,20,22). The third kappa shape index (κ3) is 3.12. The number of hydrogen-bond donors (Lipinski definition) is 3. The van der Waals surface area contributed by atoms with Crippen molar-refractivity contribution in [2.45, 2.75) is 26.2 Å². The number of hydrogen-bond acceptors (Lipinski definition) is 3. The van der Waals surface area contributed by atoms with E-state index in [9.17, 15) is 4.79 Å². The molecule has 0 bridgehead atoms. The van der Waals surface area contributed by atoms with Gasteiger partial charge < -0.3 is 20.8 Å². The van der Waals surface area contributed by atoms with Gasteiger partial charge in [-0.1, -0.05) is 18.2 Å². The first kappa shape index (κ1) is 16.0. The summed E-state index contributed by atoms with van der Waals surface area (Å²) in [4.78, 5) is 15.9. The maximum Gasteiger partial charge on any atom is 0.227 e. The maximum atomic E-state index is 12.5. The summed E-state index contributed by atoms with van der Waals surface area (Å²) in [6, 6.07) is 6.29. The molecule has 1 aliphatic heterocycles. The van der Waals surface area contributed by atoms with E-state index in [4.69, 9.17) is 10.5 Å². The van der Waals surface area contributed by atoms with Gasteiger partial charge in [-0.15, -0.1) is 0 Å². The van der Waals surface area contributed by atoms with Gasteiger partial charge in [-0.2, -0.15) is 0 Å². The number of aromatic nitrogens is 1. The second-order valence-corrected chi connectivity index (χ2v) is 6.41. The fourth-order valence-corrected chi connectivity index (χ4v) is 3.36. The van der Waals surface area contributed by atoms with Gasteiger partial charge in [0.25, 0.3) is 0 Å². The smallest absolute Gasteiger partial charge is 0.227 e. The Morgan fingerprint density at radius 1 is 1.39 bits per heavy atom. The highest BCUT2D eigenvalue weighted by Gasteiger charge is 2.38. The fourth-order valence-electron chi connectivity index (χ4n) is 3.36. The van der Waals surface area contributed by atoms with Crippen LogP contribution < -0.4 is 11.1 Å². The van der Waals surface area contributed by atoms with E-state index in [1.165, 1.54) is 22.0 Å². The summed E-state index contributed by atoms with van der Waals surface area (Å²) in [7, 11) is 0. The van der Waals surface area contributed by atoms with E-state index < -0.39 is 5.41 Å². The van der Waals surface area contributed by atoms with Crippen molar-refractivity contribution in [3.05, 3.63) is 35.5 Å². The second kappa shape index (κ2) is 6.72. The van der Waals surface area contributed by atoms with Gasteiger partial charge >= 0.3 is 0 Å². The number of aryl methyl sites for hydroxylation is 1. The molecule has 1 aromatic carbocycles. The molecule has 5 nitrogen and oxygen atoms in total. The van der Waals surface area contributed by atoms with E-state index in [-0.39, 0.29) is 5.91 Å². The predicted molar refractivity (Wildman–Crippen MR) is 91.3 cm³/mol. The summed E-state index contributed by atoms with van der Waals surface area (Å²) >= 11 is 0. The summed E-state index contributed by atoms with van der Waals surface area (Å²) in [6.45, 7) is 4.34. The molecule has 4 N–H and O–H groups in total. The van der Waals surface area contributed by atoms with Gasteiger partial charge in [-0.25, -0.2) is 0 Å². The first-order valence-corrected chi connectivity index (χ1v) is 8.28. The van der Waals surface area contributed by atoms with Gasteiger partial charge in [0.1, 0.15) is 0 Å². The molecule has 0 radical (unpaired) electrons. The number of para-hydroxylation sites is 1. The molecule has 2 heterocycles. The number of aromatic amines is 1. The lowest BCUT2D eigenvalue weighted by Gasteiger charge is -2.34. The first-order valence-electron chi connectivity index (χ1n) is 8.28. The summed E-state index contributed by atoms with van der Waals surface area (Å²) in [5.74, 6) is 0.0688. The molecule has 1 aromatic heterocycles. The third-order valence-electron chi connectivity index (χ3n) is 5.01. The molecule has 1 amide bonds. The molecule has 0 aliphatic carbocycles. The van der Waals surface area contributed by atoms with Gasteiger partial charge in [0.15, 0.2) is 0 Å². The predicted octanol–water partition coefficient (Wildman–Crippen LogP) is 1.89. The van der Waals surface area contributed by atoms with Gasteiger partial charge in [-0.05, 0) is 37.3 Å². The van der Waals surface area contributed by atoms with Crippen LogP contribution in [0.25, 0.3) is 10.9 Å². The highest BCUT2D eigenvalue weighted by Crippen LogP contribution is 2.29. The molecule has 124 valence electrons. The van der Waals surface area contributed by atoms with Crippen LogP contribution in [-0.4, -0.2) is 37.2 Å². The summed E-state index contributed by atoms with van der Waals surface area (Å²) in [5.41, 5.74) is 9.08. The Morgan fingerprint density at radius 3 is 2.91 bits per heavy atom. The summed E-state index contributed by atoms with van der Waals surface area (Å²) in [5, 5.41) is 4.31. The minimum Gasteiger partial charge on any atom is -0.381 e. The highest BCUT2D eigenvalue weighted by atomic mass is 16.5. The van der Waals surface area contributed by atoms with Crippen molar-refractivity contribution in [3.8, 4) is 0 Å².